The molecule has 0 heterocycles. The maximum absolute atomic E-state index is 12.6. The molecule has 82 valence electrons. The van der Waals surface area contributed by atoms with Gasteiger partial charge in [0.1, 0.15) is 4.90 Å². The maximum Gasteiger partial charge on any atom is 0.332 e. The van der Waals surface area contributed by atoms with E-state index in [0.29, 0.717) is 6.07 Å². The van der Waals surface area contributed by atoms with Crippen molar-refractivity contribution in [2.45, 2.75) is 11.8 Å². The summed E-state index contributed by atoms with van der Waals surface area (Å²) in [4.78, 5) is 8.84. The highest BCUT2D eigenvalue weighted by atomic mass is 35.5. The smallest absolute Gasteiger partial charge is 0.258 e. The Bertz CT molecular complexity index is 528. The van der Waals surface area contributed by atoms with Crippen molar-refractivity contribution in [2.24, 2.45) is 0 Å². The lowest BCUT2D eigenvalue weighted by atomic mass is 10.2. The molecule has 0 atom stereocenters. The monoisotopic (exact) mass is 253 g/mol. The van der Waals surface area contributed by atoms with Crippen LogP contribution in [0, 0.1) is 17.0 Å². The van der Waals surface area contributed by atoms with Crippen LogP contribution in [0.5, 0.6) is 0 Å². The summed E-state index contributed by atoms with van der Waals surface area (Å²) in [6, 6.07) is 1.47. The predicted octanol–water partition coefficient (Wildman–Crippen LogP) is 2.21. The minimum atomic E-state index is -4.99. The van der Waals surface area contributed by atoms with E-state index in [4.69, 9.17) is 11.6 Å². The molecule has 0 aliphatic heterocycles. The summed E-state index contributed by atoms with van der Waals surface area (Å²) < 4.78 is 33.6. The Labute approximate surface area is 89.8 Å². The molecule has 5 nitrogen and oxygen atoms in total. The molecule has 0 unspecified atom stereocenters. The number of hydrogen-bond donors (Lipinski definition) is 0. The Morgan fingerprint density at radius 2 is 2.00 bits per heavy atom. The summed E-state index contributed by atoms with van der Waals surface area (Å²) in [5.74, 6) is 0. The normalized spacial score (nSPS) is 11.4. The quantitative estimate of drug-likeness (QED) is 0.460. The van der Waals surface area contributed by atoms with Crippen LogP contribution in [-0.2, 0) is 10.2 Å². The van der Waals surface area contributed by atoms with Crippen LogP contribution in [-0.4, -0.2) is 13.3 Å². The predicted molar refractivity (Wildman–Crippen MR) is 51.1 cm³/mol. The minimum Gasteiger partial charge on any atom is -0.258 e. The van der Waals surface area contributed by atoms with Gasteiger partial charge in [0, 0.05) is 11.6 Å². The zero-order valence-electron chi connectivity index (χ0n) is 7.40. The lowest BCUT2D eigenvalue weighted by Gasteiger charge is -2.01. The second-order valence-corrected chi connectivity index (χ2v) is 4.50. The van der Waals surface area contributed by atoms with Crippen LogP contribution in [0.25, 0.3) is 0 Å². The first kappa shape index (κ1) is 11.9. The van der Waals surface area contributed by atoms with Crippen LogP contribution in [0.2, 0.25) is 5.02 Å². The van der Waals surface area contributed by atoms with Crippen LogP contribution >= 0.6 is 11.6 Å². The van der Waals surface area contributed by atoms with Crippen molar-refractivity contribution in [3.63, 3.8) is 0 Å². The summed E-state index contributed by atoms with van der Waals surface area (Å²) >= 11 is 5.53. The van der Waals surface area contributed by atoms with E-state index in [9.17, 15) is 22.4 Å². The van der Waals surface area contributed by atoms with Crippen molar-refractivity contribution in [2.75, 3.05) is 0 Å². The van der Waals surface area contributed by atoms with Crippen molar-refractivity contribution >= 4 is 27.5 Å². The second-order valence-electron chi connectivity index (χ2n) is 2.74. The lowest BCUT2D eigenvalue weighted by molar-refractivity contribution is -0.385. The Balaban J connectivity index is 3.57. The summed E-state index contributed by atoms with van der Waals surface area (Å²) in [6.45, 7) is 1.34. The molecule has 0 spiro atoms. The third kappa shape index (κ3) is 2.42. The van der Waals surface area contributed by atoms with Crippen molar-refractivity contribution < 1.29 is 17.2 Å². The van der Waals surface area contributed by atoms with Gasteiger partial charge >= 0.3 is 10.2 Å². The first-order chi connectivity index (χ1) is 6.73. The highest BCUT2D eigenvalue weighted by molar-refractivity contribution is 7.86. The fourth-order valence-electron chi connectivity index (χ4n) is 0.971. The van der Waals surface area contributed by atoms with Crippen molar-refractivity contribution in [3.05, 3.63) is 32.8 Å². The fourth-order valence-corrected chi connectivity index (χ4v) is 1.76. The third-order valence-corrected chi connectivity index (χ3v) is 2.96. The molecule has 1 rings (SSSR count). The van der Waals surface area contributed by atoms with Gasteiger partial charge in [-0.2, -0.15) is 8.42 Å². The van der Waals surface area contributed by atoms with Crippen molar-refractivity contribution in [3.8, 4) is 0 Å². The van der Waals surface area contributed by atoms with Crippen LogP contribution < -0.4 is 0 Å². The summed E-state index contributed by atoms with van der Waals surface area (Å²) in [7, 11) is -4.99. The Morgan fingerprint density at radius 1 is 1.47 bits per heavy atom. The van der Waals surface area contributed by atoms with Gasteiger partial charge in [-0.05, 0) is 13.0 Å². The highest BCUT2D eigenvalue weighted by Crippen LogP contribution is 2.30. The molecule has 1 aromatic carbocycles. The molecule has 0 saturated heterocycles. The van der Waals surface area contributed by atoms with Crippen LogP contribution in [0.1, 0.15) is 5.56 Å². The topological polar surface area (TPSA) is 77.3 Å². The zero-order chi connectivity index (χ0) is 11.8. The SMILES string of the molecule is Cc1c(Cl)cc(S(=O)(=O)F)cc1[N+](=O)[O-]. The Kier molecular flexibility index (Phi) is 2.96. The van der Waals surface area contributed by atoms with E-state index in [-0.39, 0.29) is 10.6 Å². The fraction of sp³-hybridized carbons (Fsp3) is 0.143. The number of nitro benzene ring substituents is 1. The van der Waals surface area contributed by atoms with Crippen LogP contribution in [0.4, 0.5) is 9.57 Å². The molecule has 1 aromatic rings. The van der Waals surface area contributed by atoms with E-state index in [1.807, 2.05) is 0 Å². The molecule has 15 heavy (non-hydrogen) atoms. The van der Waals surface area contributed by atoms with E-state index in [1.165, 1.54) is 6.92 Å². The number of nitro groups is 1. The third-order valence-electron chi connectivity index (χ3n) is 1.77. The average Bonchev–Trinajstić information content (AvgIpc) is 2.06. The van der Waals surface area contributed by atoms with Gasteiger partial charge in [-0.15, -0.1) is 3.89 Å². The standard InChI is InChI=1S/C7H5ClFNO4S/c1-4-6(8)2-5(15(9,13)14)3-7(4)10(11)12/h2-3H,1H3. The highest BCUT2D eigenvalue weighted by Gasteiger charge is 2.21. The molecule has 0 radical (unpaired) electrons. The molecule has 0 N–H and O–H groups in total. The Hall–Kier alpha value is -1.21. The molecule has 0 aliphatic rings. The van der Waals surface area contributed by atoms with E-state index in [1.54, 1.807) is 0 Å². The van der Waals surface area contributed by atoms with E-state index in [2.05, 4.69) is 0 Å². The molecule has 0 aliphatic carbocycles. The van der Waals surface area contributed by atoms with Crippen molar-refractivity contribution in [1.29, 1.82) is 0 Å². The molecule has 0 bridgehead atoms. The van der Waals surface area contributed by atoms with Crippen LogP contribution in [0.3, 0.4) is 0 Å². The molecule has 0 amide bonds. The molecular formula is C7H5ClFNO4S. The van der Waals surface area contributed by atoms with E-state index >= 15 is 0 Å². The average molecular weight is 254 g/mol. The second kappa shape index (κ2) is 3.74. The maximum atomic E-state index is 12.6. The summed E-state index contributed by atoms with van der Waals surface area (Å²) in [6.07, 6.45) is 0. The van der Waals surface area contributed by atoms with Crippen LogP contribution in [0.15, 0.2) is 17.0 Å². The Morgan fingerprint density at radius 3 is 2.40 bits per heavy atom. The van der Waals surface area contributed by atoms with Crippen molar-refractivity contribution in [1.82, 2.24) is 0 Å². The summed E-state index contributed by atoms with van der Waals surface area (Å²) in [5, 5.41) is 10.3. The zero-order valence-corrected chi connectivity index (χ0v) is 8.97. The largest absolute Gasteiger partial charge is 0.332 e. The van der Waals surface area contributed by atoms with Gasteiger partial charge in [0.25, 0.3) is 5.69 Å². The lowest BCUT2D eigenvalue weighted by Crippen LogP contribution is -1.98. The minimum absolute atomic E-state index is 0.0917. The number of nitrogens with zero attached hydrogens (tertiary/aromatic N) is 1. The molecule has 0 saturated carbocycles. The van der Waals surface area contributed by atoms with Gasteiger partial charge in [-0.3, -0.25) is 10.1 Å². The van der Waals surface area contributed by atoms with Gasteiger partial charge < -0.3 is 0 Å². The van der Waals surface area contributed by atoms with E-state index < -0.39 is 25.7 Å². The van der Waals surface area contributed by atoms with E-state index in [0.717, 1.165) is 6.07 Å². The first-order valence-electron chi connectivity index (χ1n) is 3.62. The van der Waals surface area contributed by atoms with Gasteiger partial charge in [0.05, 0.1) is 9.95 Å². The number of halogens is 2. The molecule has 0 aromatic heterocycles. The van der Waals surface area contributed by atoms with Gasteiger partial charge in [-0.25, -0.2) is 0 Å². The number of rotatable bonds is 2. The van der Waals surface area contributed by atoms with Gasteiger partial charge in [0.15, 0.2) is 0 Å². The number of hydrogen-bond acceptors (Lipinski definition) is 4. The molecular weight excluding hydrogens is 249 g/mol. The first-order valence-corrected chi connectivity index (χ1v) is 5.39. The molecule has 0 fully saturated rings. The summed E-state index contributed by atoms with van der Waals surface area (Å²) in [5.41, 5.74) is -0.437. The van der Waals surface area contributed by atoms with Gasteiger partial charge in [-0.1, -0.05) is 11.6 Å². The number of benzene rings is 1. The molecule has 8 heteroatoms. The van der Waals surface area contributed by atoms with Gasteiger partial charge in [0.2, 0.25) is 0 Å².